The first-order valence-corrected chi connectivity index (χ1v) is 10.7. The number of benzene rings is 1. The molecule has 0 radical (unpaired) electrons. The summed E-state index contributed by atoms with van der Waals surface area (Å²) in [5.74, 6) is 1.19. The van der Waals surface area contributed by atoms with Crippen LogP contribution >= 0.6 is 0 Å². The van der Waals surface area contributed by atoms with E-state index in [1.54, 1.807) is 0 Å². The van der Waals surface area contributed by atoms with Crippen LogP contribution in [-0.2, 0) is 12.8 Å². The molecule has 1 aromatic heterocycles. The summed E-state index contributed by atoms with van der Waals surface area (Å²) in [6, 6.07) is 3.61. The van der Waals surface area contributed by atoms with Gasteiger partial charge < -0.3 is 19.1 Å². The SMILES string of the molecule is CC(C)CCOc1cc2c(c3c1OCC3)-c1cc(=O)c(C(=O)O)cn1[C@H](C(C)C)C2. The number of aromatic carboxylic acids is 1. The van der Waals surface area contributed by atoms with E-state index in [4.69, 9.17) is 9.47 Å². The van der Waals surface area contributed by atoms with Crippen LogP contribution in [0.25, 0.3) is 11.3 Å². The second-order valence-corrected chi connectivity index (χ2v) is 9.01. The molecular weight excluding hydrogens is 382 g/mol. The van der Waals surface area contributed by atoms with E-state index >= 15 is 0 Å². The maximum Gasteiger partial charge on any atom is 0.341 e. The van der Waals surface area contributed by atoms with Gasteiger partial charge in [0, 0.05) is 35.9 Å². The van der Waals surface area contributed by atoms with Crippen molar-refractivity contribution < 1.29 is 19.4 Å². The quantitative estimate of drug-likeness (QED) is 0.766. The second-order valence-electron chi connectivity index (χ2n) is 9.01. The van der Waals surface area contributed by atoms with Crippen LogP contribution in [0.1, 0.15) is 61.6 Å². The van der Waals surface area contributed by atoms with E-state index in [9.17, 15) is 14.7 Å². The van der Waals surface area contributed by atoms with Crippen LogP contribution < -0.4 is 14.9 Å². The molecule has 2 aliphatic rings. The highest BCUT2D eigenvalue weighted by molar-refractivity contribution is 5.88. The standard InChI is InChI=1S/C24H29NO5/c1-13(2)5-7-29-21-10-15-9-18(14(3)4)25-12-17(24(27)28)20(26)11-19(25)22(15)16-6-8-30-23(16)21/h10-14,18H,5-9H2,1-4H3,(H,27,28)/t18-/m0/s1. The van der Waals surface area contributed by atoms with Crippen LogP contribution in [-0.4, -0.2) is 28.9 Å². The van der Waals surface area contributed by atoms with E-state index in [2.05, 4.69) is 33.8 Å². The molecule has 0 fully saturated rings. The molecule has 1 aromatic carbocycles. The van der Waals surface area contributed by atoms with E-state index in [1.165, 1.54) is 12.3 Å². The first kappa shape index (κ1) is 20.5. The van der Waals surface area contributed by atoms with Gasteiger partial charge in [0.2, 0.25) is 0 Å². The number of carbonyl (C=O) groups is 1. The predicted octanol–water partition coefficient (Wildman–Crippen LogP) is 4.33. The van der Waals surface area contributed by atoms with Gasteiger partial charge in [0.1, 0.15) is 5.56 Å². The topological polar surface area (TPSA) is 77.8 Å². The Hall–Kier alpha value is -2.76. The van der Waals surface area contributed by atoms with Gasteiger partial charge in [-0.1, -0.05) is 27.7 Å². The van der Waals surface area contributed by atoms with Crippen LogP contribution in [0.5, 0.6) is 11.5 Å². The molecule has 6 heteroatoms. The van der Waals surface area contributed by atoms with Crippen molar-refractivity contribution in [1.82, 2.24) is 4.57 Å². The zero-order valence-electron chi connectivity index (χ0n) is 18.0. The Balaban J connectivity index is 1.88. The summed E-state index contributed by atoms with van der Waals surface area (Å²) in [6.07, 6.45) is 4.00. The van der Waals surface area contributed by atoms with Crippen LogP contribution in [0, 0.1) is 11.8 Å². The van der Waals surface area contributed by atoms with Crippen LogP contribution in [0.4, 0.5) is 0 Å². The Bertz CT molecular complexity index is 1050. The van der Waals surface area contributed by atoms with Gasteiger partial charge in [-0.25, -0.2) is 4.79 Å². The summed E-state index contributed by atoms with van der Waals surface area (Å²) >= 11 is 0. The summed E-state index contributed by atoms with van der Waals surface area (Å²) in [5, 5.41) is 9.45. The van der Waals surface area contributed by atoms with Crippen molar-refractivity contribution in [1.29, 1.82) is 0 Å². The summed E-state index contributed by atoms with van der Waals surface area (Å²) in [5.41, 5.74) is 3.33. The molecule has 0 bridgehead atoms. The largest absolute Gasteiger partial charge is 0.490 e. The van der Waals surface area contributed by atoms with Crippen molar-refractivity contribution in [2.45, 2.75) is 53.0 Å². The van der Waals surface area contributed by atoms with Gasteiger partial charge in [0.25, 0.3) is 0 Å². The lowest BCUT2D eigenvalue weighted by molar-refractivity contribution is 0.0694. The Morgan fingerprint density at radius 2 is 2.07 bits per heavy atom. The summed E-state index contributed by atoms with van der Waals surface area (Å²) in [6.45, 7) is 9.80. The van der Waals surface area contributed by atoms with E-state index < -0.39 is 11.4 Å². The average Bonchev–Trinajstić information content (AvgIpc) is 3.15. The summed E-state index contributed by atoms with van der Waals surface area (Å²) in [4.78, 5) is 24.1. The lowest BCUT2D eigenvalue weighted by atomic mass is 9.84. The van der Waals surface area contributed by atoms with Gasteiger partial charge in [0.05, 0.1) is 18.9 Å². The first-order valence-electron chi connectivity index (χ1n) is 10.7. The number of carboxylic acids is 1. The summed E-state index contributed by atoms with van der Waals surface area (Å²) in [7, 11) is 0. The Morgan fingerprint density at radius 1 is 1.30 bits per heavy atom. The monoisotopic (exact) mass is 411 g/mol. The lowest BCUT2D eigenvalue weighted by Crippen LogP contribution is -2.28. The molecule has 0 saturated heterocycles. The Morgan fingerprint density at radius 3 is 2.73 bits per heavy atom. The molecule has 6 nitrogen and oxygen atoms in total. The molecule has 0 spiro atoms. The molecule has 3 heterocycles. The van der Waals surface area contributed by atoms with E-state index in [1.807, 2.05) is 4.57 Å². The number of nitrogens with zero attached hydrogens (tertiary/aromatic N) is 1. The van der Waals surface area contributed by atoms with Gasteiger partial charge in [0.15, 0.2) is 16.9 Å². The molecule has 2 aliphatic heterocycles. The third-order valence-electron chi connectivity index (χ3n) is 6.10. The fraction of sp³-hybridized carbons (Fsp3) is 0.500. The maximum absolute atomic E-state index is 12.5. The number of hydrogen-bond acceptors (Lipinski definition) is 4. The first-order chi connectivity index (χ1) is 14.3. The minimum Gasteiger partial charge on any atom is -0.490 e. The van der Waals surface area contributed by atoms with Crippen molar-refractivity contribution >= 4 is 5.97 Å². The van der Waals surface area contributed by atoms with Crippen LogP contribution in [0.15, 0.2) is 23.1 Å². The number of aromatic nitrogens is 1. The molecule has 160 valence electrons. The number of carboxylic acid groups (broad SMARTS) is 1. The second kappa shape index (κ2) is 7.82. The molecular formula is C24H29NO5. The van der Waals surface area contributed by atoms with Gasteiger partial charge >= 0.3 is 5.97 Å². The van der Waals surface area contributed by atoms with Crippen LogP contribution in [0.3, 0.4) is 0 Å². The normalized spacial score (nSPS) is 16.8. The maximum atomic E-state index is 12.5. The third-order valence-corrected chi connectivity index (χ3v) is 6.10. The highest BCUT2D eigenvalue weighted by atomic mass is 16.5. The molecule has 1 atom stereocenters. The number of rotatable bonds is 6. The highest BCUT2D eigenvalue weighted by Crippen LogP contribution is 2.48. The van der Waals surface area contributed by atoms with E-state index in [0.29, 0.717) is 19.1 Å². The Labute approximate surface area is 176 Å². The molecule has 2 aromatic rings. The van der Waals surface area contributed by atoms with Crippen molar-refractivity contribution in [3.8, 4) is 22.8 Å². The van der Waals surface area contributed by atoms with Crippen LogP contribution in [0.2, 0.25) is 0 Å². The van der Waals surface area contributed by atoms with Gasteiger partial charge in [-0.2, -0.15) is 0 Å². The molecule has 4 rings (SSSR count). The van der Waals surface area contributed by atoms with Gasteiger partial charge in [-0.3, -0.25) is 4.79 Å². The number of fused-ring (bicyclic) bond motifs is 5. The highest BCUT2D eigenvalue weighted by Gasteiger charge is 2.33. The zero-order chi connectivity index (χ0) is 21.6. The lowest BCUT2D eigenvalue weighted by Gasteiger charge is -2.34. The smallest absolute Gasteiger partial charge is 0.341 e. The third kappa shape index (κ3) is 3.48. The average molecular weight is 411 g/mol. The van der Waals surface area contributed by atoms with Crippen molar-refractivity contribution in [2.24, 2.45) is 11.8 Å². The number of pyridine rings is 1. The molecule has 0 saturated carbocycles. The minimum absolute atomic E-state index is 0.0649. The van der Waals surface area contributed by atoms with Crippen molar-refractivity contribution in [2.75, 3.05) is 13.2 Å². The molecule has 0 unspecified atom stereocenters. The predicted molar refractivity (Wildman–Crippen MR) is 115 cm³/mol. The zero-order valence-corrected chi connectivity index (χ0v) is 18.0. The van der Waals surface area contributed by atoms with Gasteiger partial charge in [-0.15, -0.1) is 0 Å². The Kier molecular flexibility index (Phi) is 5.35. The fourth-order valence-electron chi connectivity index (χ4n) is 4.46. The molecule has 0 amide bonds. The summed E-state index contributed by atoms with van der Waals surface area (Å²) < 4.78 is 14.0. The molecule has 30 heavy (non-hydrogen) atoms. The number of ether oxygens (including phenoxy) is 2. The fourth-order valence-corrected chi connectivity index (χ4v) is 4.46. The minimum atomic E-state index is -1.19. The van der Waals surface area contributed by atoms with Gasteiger partial charge in [-0.05, 0) is 36.3 Å². The number of hydrogen-bond donors (Lipinski definition) is 1. The van der Waals surface area contributed by atoms with E-state index in [0.717, 1.165) is 53.1 Å². The molecule has 0 aliphatic carbocycles. The van der Waals surface area contributed by atoms with Crippen molar-refractivity contribution in [3.05, 3.63) is 45.2 Å². The van der Waals surface area contributed by atoms with E-state index in [-0.39, 0.29) is 17.5 Å². The molecule has 1 N–H and O–H groups in total. The van der Waals surface area contributed by atoms with Crippen molar-refractivity contribution in [3.63, 3.8) is 0 Å².